The Bertz CT molecular complexity index is 989. The van der Waals surface area contributed by atoms with Gasteiger partial charge in [-0.15, -0.1) is 0 Å². The van der Waals surface area contributed by atoms with E-state index in [1.165, 1.54) is 0 Å². The average Bonchev–Trinajstić information content (AvgIpc) is 2.90. The number of aromatic amines is 1. The van der Waals surface area contributed by atoms with Gasteiger partial charge in [-0.2, -0.15) is 0 Å². The van der Waals surface area contributed by atoms with Crippen molar-refractivity contribution in [3.63, 3.8) is 0 Å². The number of H-pyrrole nitrogens is 1. The summed E-state index contributed by atoms with van der Waals surface area (Å²) in [5.41, 5.74) is 5.27. The van der Waals surface area contributed by atoms with Crippen molar-refractivity contribution in [1.29, 1.82) is 0 Å². The number of carbonyl (C=O) groups excluding carboxylic acids is 3. The van der Waals surface area contributed by atoms with E-state index in [4.69, 9.17) is 24.5 Å². The summed E-state index contributed by atoms with van der Waals surface area (Å²) < 4.78 is 22.3. The number of hydrogen-bond acceptors (Lipinski definition) is 10. The van der Waals surface area contributed by atoms with Crippen LogP contribution in [0.5, 0.6) is 0 Å². The van der Waals surface area contributed by atoms with Crippen molar-refractivity contribution in [3.05, 3.63) is 43.5 Å². The number of esters is 3. The third-order valence-electron chi connectivity index (χ3n) is 4.16. The van der Waals surface area contributed by atoms with Crippen LogP contribution in [-0.4, -0.2) is 58.4 Å². The van der Waals surface area contributed by atoms with Gasteiger partial charge in [-0.1, -0.05) is 5.11 Å². The molecule has 2 heterocycles. The number of nitrogens with one attached hydrogen (secondary N) is 1. The van der Waals surface area contributed by atoms with E-state index in [9.17, 15) is 24.0 Å². The number of ether oxygens (including phenoxy) is 4. The van der Waals surface area contributed by atoms with E-state index >= 15 is 0 Å². The predicted molar refractivity (Wildman–Crippen MR) is 95.9 cm³/mol. The van der Waals surface area contributed by atoms with Crippen LogP contribution in [0.25, 0.3) is 10.4 Å². The lowest BCUT2D eigenvalue weighted by molar-refractivity contribution is -0.185. The molecule has 0 saturated carbocycles. The average molecular weight is 425 g/mol. The number of nitrogens with zero attached hydrogens (tertiary/aromatic N) is 4. The second-order valence-electron chi connectivity index (χ2n) is 6.30. The maximum absolute atomic E-state index is 12.3. The Labute approximate surface area is 168 Å². The third-order valence-corrected chi connectivity index (χ3v) is 4.16. The molecule has 162 valence electrons. The highest BCUT2D eigenvalue weighted by atomic mass is 16.7. The Morgan fingerprint density at radius 2 is 1.97 bits per heavy atom. The Morgan fingerprint density at radius 3 is 2.50 bits per heavy atom. The maximum atomic E-state index is 12.3. The Hall–Kier alpha value is -3.64. The minimum Gasteiger partial charge on any atom is -0.463 e. The van der Waals surface area contributed by atoms with E-state index in [0.717, 1.165) is 37.6 Å². The molecule has 30 heavy (non-hydrogen) atoms. The van der Waals surface area contributed by atoms with Crippen molar-refractivity contribution in [2.24, 2.45) is 5.11 Å². The molecular formula is C16H19N5O9. The van der Waals surface area contributed by atoms with Gasteiger partial charge in [0.05, 0.1) is 6.54 Å². The normalized spacial score (nSPS) is 25.1. The van der Waals surface area contributed by atoms with Crippen molar-refractivity contribution in [2.45, 2.75) is 44.8 Å². The summed E-state index contributed by atoms with van der Waals surface area (Å²) in [7, 11) is 0. The zero-order valence-corrected chi connectivity index (χ0v) is 16.3. The van der Waals surface area contributed by atoms with Crippen molar-refractivity contribution < 1.29 is 33.3 Å². The minimum atomic E-state index is -1.93. The highest BCUT2D eigenvalue weighted by Crippen LogP contribution is 2.42. The molecule has 1 fully saturated rings. The summed E-state index contributed by atoms with van der Waals surface area (Å²) in [5.74, 6) is -2.35. The van der Waals surface area contributed by atoms with Crippen LogP contribution in [-0.2, 0) is 33.3 Å². The monoisotopic (exact) mass is 425 g/mol. The van der Waals surface area contributed by atoms with Crippen LogP contribution in [0.4, 0.5) is 0 Å². The fourth-order valence-electron chi connectivity index (χ4n) is 3.09. The van der Waals surface area contributed by atoms with E-state index in [0.29, 0.717) is 0 Å². The fraction of sp³-hybridized carbons (Fsp3) is 0.562. The molecule has 0 aliphatic carbocycles. The summed E-state index contributed by atoms with van der Waals surface area (Å²) in [6, 6.07) is 1.02. The lowest BCUT2D eigenvalue weighted by Gasteiger charge is -2.35. The number of aromatic nitrogens is 2. The van der Waals surface area contributed by atoms with E-state index < -0.39 is 66.3 Å². The molecule has 1 aromatic heterocycles. The summed E-state index contributed by atoms with van der Waals surface area (Å²) in [5, 5.41) is 3.42. The first kappa shape index (κ1) is 22.6. The van der Waals surface area contributed by atoms with Crippen LogP contribution < -0.4 is 11.2 Å². The molecule has 14 heteroatoms. The summed E-state index contributed by atoms with van der Waals surface area (Å²) in [6.07, 6.45) is -3.10. The van der Waals surface area contributed by atoms with Crippen molar-refractivity contribution in [1.82, 2.24) is 9.55 Å². The molecular weight excluding hydrogens is 406 g/mol. The SMILES string of the molecule is CC(=O)OC[C@H]1O[C@H](n2ccc(=O)[nH]c2=O)[C@H](OC(C)=O)[C@@]1(CN=[N+]=[N-])OC(C)=O. The number of rotatable bonds is 7. The molecule has 4 atom stereocenters. The van der Waals surface area contributed by atoms with Gasteiger partial charge in [0.2, 0.25) is 0 Å². The van der Waals surface area contributed by atoms with Crippen LogP contribution in [0, 0.1) is 0 Å². The maximum Gasteiger partial charge on any atom is 0.330 e. The van der Waals surface area contributed by atoms with Crippen LogP contribution in [0.15, 0.2) is 27.0 Å². The third kappa shape index (κ3) is 4.85. The lowest BCUT2D eigenvalue weighted by Crippen LogP contribution is -2.56. The van der Waals surface area contributed by atoms with Crippen molar-refractivity contribution in [2.75, 3.05) is 13.2 Å². The Balaban J connectivity index is 2.67. The molecule has 1 aromatic rings. The molecule has 1 aliphatic rings. The van der Waals surface area contributed by atoms with Gasteiger partial charge in [0, 0.05) is 37.9 Å². The first-order chi connectivity index (χ1) is 14.1. The van der Waals surface area contributed by atoms with Gasteiger partial charge in [-0.05, 0) is 5.53 Å². The zero-order valence-electron chi connectivity index (χ0n) is 16.3. The van der Waals surface area contributed by atoms with E-state index in [1.807, 2.05) is 4.98 Å². The zero-order chi connectivity index (χ0) is 22.5. The van der Waals surface area contributed by atoms with Gasteiger partial charge in [0.25, 0.3) is 5.56 Å². The fourth-order valence-corrected chi connectivity index (χ4v) is 3.09. The molecule has 0 amide bonds. The van der Waals surface area contributed by atoms with E-state index in [-0.39, 0.29) is 0 Å². The van der Waals surface area contributed by atoms with Crippen molar-refractivity contribution >= 4 is 17.9 Å². The van der Waals surface area contributed by atoms with Gasteiger partial charge < -0.3 is 18.9 Å². The van der Waals surface area contributed by atoms with Crippen molar-refractivity contribution in [3.8, 4) is 0 Å². The van der Waals surface area contributed by atoms with Gasteiger partial charge in [0.1, 0.15) is 12.7 Å². The van der Waals surface area contributed by atoms with E-state index in [2.05, 4.69) is 10.0 Å². The van der Waals surface area contributed by atoms with E-state index in [1.54, 1.807) is 0 Å². The van der Waals surface area contributed by atoms with Gasteiger partial charge in [-0.25, -0.2) is 4.79 Å². The first-order valence-electron chi connectivity index (χ1n) is 8.58. The summed E-state index contributed by atoms with van der Waals surface area (Å²) in [4.78, 5) is 63.3. The second kappa shape index (κ2) is 9.24. The van der Waals surface area contributed by atoms with Crippen LogP contribution in [0.3, 0.4) is 0 Å². The highest BCUT2D eigenvalue weighted by Gasteiger charge is 2.62. The van der Waals surface area contributed by atoms with Gasteiger partial charge in [0.15, 0.2) is 17.9 Å². The summed E-state index contributed by atoms with van der Waals surface area (Å²) >= 11 is 0. The van der Waals surface area contributed by atoms with Crippen LogP contribution in [0.2, 0.25) is 0 Å². The molecule has 14 nitrogen and oxygen atoms in total. The highest BCUT2D eigenvalue weighted by molar-refractivity contribution is 5.68. The minimum absolute atomic E-state index is 0.476. The predicted octanol–water partition coefficient (Wildman–Crippen LogP) is -0.459. The largest absolute Gasteiger partial charge is 0.463 e. The smallest absolute Gasteiger partial charge is 0.330 e. The molecule has 0 radical (unpaired) electrons. The standard InChI is InChI=1S/C16H19N5O9/c1-8(22)27-6-11-16(7-18-20-17,30-10(3)24)13(28-9(2)23)14(29-11)21-5-4-12(25)19-15(21)26/h4-5,11,13-14H,6-7H2,1-3H3,(H,19,25,26)/t11-,13+,14+,16+/m1/s1. The second-order valence-corrected chi connectivity index (χ2v) is 6.30. The summed E-state index contributed by atoms with van der Waals surface area (Å²) in [6.45, 7) is 2.21. The molecule has 1 aliphatic heterocycles. The topological polar surface area (TPSA) is 192 Å². The van der Waals surface area contributed by atoms with Crippen LogP contribution in [0.1, 0.15) is 27.0 Å². The number of azide groups is 1. The first-order valence-corrected chi connectivity index (χ1v) is 8.58. The quantitative estimate of drug-likeness (QED) is 0.198. The molecule has 0 unspecified atom stereocenters. The Morgan fingerprint density at radius 1 is 1.27 bits per heavy atom. The van der Waals surface area contributed by atoms with Gasteiger partial charge in [-0.3, -0.25) is 28.7 Å². The number of hydrogen-bond donors (Lipinski definition) is 1. The molecule has 0 spiro atoms. The van der Waals surface area contributed by atoms with Crippen LogP contribution >= 0.6 is 0 Å². The molecule has 1 N–H and O–H groups in total. The molecule has 2 rings (SSSR count). The molecule has 0 bridgehead atoms. The lowest BCUT2D eigenvalue weighted by atomic mass is 9.91. The Kier molecular flexibility index (Phi) is 6.97. The molecule has 1 saturated heterocycles. The van der Waals surface area contributed by atoms with Gasteiger partial charge >= 0.3 is 23.6 Å². The number of carbonyl (C=O) groups is 3. The molecule has 0 aromatic carbocycles.